The maximum absolute atomic E-state index is 11.7. The number of aromatic amines is 2. The lowest BCUT2D eigenvalue weighted by atomic mass is 10.1. The molecule has 2 unspecified atom stereocenters. The summed E-state index contributed by atoms with van der Waals surface area (Å²) in [7, 11) is 0. The van der Waals surface area contributed by atoms with E-state index in [4.69, 9.17) is 69.9 Å². The molecule has 92 heavy (non-hydrogen) atoms. The summed E-state index contributed by atoms with van der Waals surface area (Å²) in [5.41, 5.74) is 8.44. The first-order chi connectivity index (χ1) is 44.8. The SMILES string of the molecule is O=[N+]([O-])c1ccc2c(c1)C1=NC2=NC2N=C(N=C3N=C(N=c4[nH]c(c5ccccc45)=N1)c1ccc([N+](=O)[O-])cc13)c1ccccc12.O=[N+]([O-])c1ccc2c(c1)C1=NC3=NC(N=C4N=C(N=c5[nH]c(c6ccccc56)=NC2=N1)c1ccc([N+](=O)[O-])cc14)c1ccccc13. The molecule has 2 aromatic heterocycles. The molecule has 0 aliphatic carbocycles. The maximum atomic E-state index is 11.7. The Kier molecular flexibility index (Phi) is 11.4. The van der Waals surface area contributed by atoms with Crippen LogP contribution in [0.4, 0.5) is 22.7 Å². The van der Waals surface area contributed by atoms with Gasteiger partial charge >= 0.3 is 0 Å². The summed E-state index contributed by atoms with van der Waals surface area (Å²) in [5, 5.41) is 49.8. The van der Waals surface area contributed by atoms with Gasteiger partial charge in [-0.15, -0.1) is 0 Å². The van der Waals surface area contributed by atoms with Crippen LogP contribution in [0.15, 0.2) is 240 Å². The standard InChI is InChI=1S/2C32H16N10O4/c43-41(44)15-9-11-21-23(13-15)32-38-28-20-8-4-2-6-18(20)26(34-28)36-30-22-12-10-16(42(45)46)14-24(22)31(40-30)37-27-19-7-3-1-5-17(19)25(33-27)35-29(21)39-32;43-41(44)15-9-11-21-23(13-15)31-37-27-19-7-3-4-8-20(19)28(34-27)38-32-24-14-16(42(45)46)10-12-22(24)30(40-32)36-26-18-6-2-1-5-17(18)25(33-26)35-29(21)39-31/h1-14,25H,(H,33,34,35,36,37,38,39,40);1-14,27H,(H,33,34,35,36,37,38,39,40). The molecule has 28 heteroatoms. The lowest BCUT2D eigenvalue weighted by Gasteiger charge is -2.05. The third kappa shape index (κ3) is 8.46. The molecule has 0 saturated carbocycles. The largest absolute Gasteiger partial charge is 0.324 e. The summed E-state index contributed by atoms with van der Waals surface area (Å²) in [5.74, 6) is 2.86. The lowest BCUT2D eigenvalue weighted by Crippen LogP contribution is -2.15. The molecule has 10 aromatic rings. The Morgan fingerprint density at radius 3 is 0.826 bits per heavy atom. The second-order valence-electron chi connectivity index (χ2n) is 21.5. The van der Waals surface area contributed by atoms with Crippen LogP contribution < -0.4 is 22.0 Å². The van der Waals surface area contributed by atoms with E-state index in [2.05, 4.69) is 9.97 Å². The molecule has 10 heterocycles. The molecule has 0 radical (unpaired) electrons. The first-order valence-electron chi connectivity index (χ1n) is 28.1. The highest BCUT2D eigenvalue weighted by Crippen LogP contribution is 2.38. The minimum atomic E-state index is -0.772. The molecule has 28 nitrogen and oxygen atoms in total. The predicted molar refractivity (Wildman–Crippen MR) is 337 cm³/mol. The highest BCUT2D eigenvalue weighted by atomic mass is 16.6. The average molecular weight is 1210 g/mol. The second kappa shape index (κ2) is 19.9. The first-order valence-corrected chi connectivity index (χ1v) is 28.1. The van der Waals surface area contributed by atoms with Gasteiger partial charge in [0.2, 0.25) is 0 Å². The number of aliphatic imine (C=N–C) groups is 10. The number of H-pyrrole nitrogens is 2. The summed E-state index contributed by atoms with van der Waals surface area (Å²) in [6, 6.07) is 47.8. The van der Waals surface area contributed by atoms with Gasteiger partial charge in [-0.1, -0.05) is 97.1 Å². The van der Waals surface area contributed by atoms with Crippen molar-refractivity contribution in [3.8, 4) is 0 Å². The van der Waals surface area contributed by atoms with Gasteiger partial charge in [0.1, 0.15) is 22.0 Å². The van der Waals surface area contributed by atoms with E-state index < -0.39 is 32.0 Å². The second-order valence-corrected chi connectivity index (χ2v) is 21.5. The van der Waals surface area contributed by atoms with Crippen LogP contribution in [-0.2, 0) is 0 Å². The number of benzene rings is 8. The monoisotopic (exact) mass is 1210 g/mol. The summed E-state index contributed by atoms with van der Waals surface area (Å²) in [4.78, 5) is 119. The fourth-order valence-corrected chi connectivity index (χ4v) is 11.9. The molecule has 8 aliphatic rings. The number of nitrogens with one attached hydrogen (secondary N) is 2. The molecule has 18 rings (SSSR count). The Labute approximate surface area is 511 Å². The molecule has 2 atom stereocenters. The van der Waals surface area contributed by atoms with Gasteiger partial charge in [0.15, 0.2) is 70.7 Å². The molecule has 436 valence electrons. The fourth-order valence-electron chi connectivity index (χ4n) is 11.9. The zero-order valence-corrected chi connectivity index (χ0v) is 46.6. The Bertz CT molecular complexity index is 5830. The van der Waals surface area contributed by atoms with Crippen LogP contribution in [0.1, 0.15) is 79.1 Å². The average Bonchev–Trinajstić information content (AvgIpc) is 1.62. The third-order valence-electron chi connectivity index (χ3n) is 16.2. The zero-order valence-electron chi connectivity index (χ0n) is 46.6. The lowest BCUT2D eigenvalue weighted by molar-refractivity contribution is -0.385. The zero-order chi connectivity index (χ0) is 62.2. The quantitative estimate of drug-likeness (QED) is 0.127. The summed E-state index contributed by atoms with van der Waals surface area (Å²) in [6.45, 7) is 0. The molecule has 0 saturated heterocycles. The predicted octanol–water partition coefficient (Wildman–Crippen LogP) is 8.22. The van der Waals surface area contributed by atoms with Crippen molar-refractivity contribution in [3.63, 3.8) is 0 Å². The van der Waals surface area contributed by atoms with Gasteiger partial charge in [0.25, 0.3) is 22.7 Å². The number of aromatic nitrogens is 2. The van der Waals surface area contributed by atoms with Crippen LogP contribution in [0, 0.1) is 40.5 Å². The number of nitro groups is 4. The molecule has 8 aliphatic heterocycles. The van der Waals surface area contributed by atoms with E-state index in [0.29, 0.717) is 107 Å². The third-order valence-corrected chi connectivity index (χ3v) is 16.2. The topological polar surface area (TPSA) is 377 Å². The van der Waals surface area contributed by atoms with Crippen molar-refractivity contribution >= 4 is 103 Å². The minimum absolute atomic E-state index is 0.101. The number of fused-ring (bicyclic) bond motifs is 34. The molecule has 0 spiro atoms. The molecule has 8 aromatic carbocycles. The van der Waals surface area contributed by atoms with Crippen molar-refractivity contribution in [2.75, 3.05) is 0 Å². The van der Waals surface area contributed by atoms with Gasteiger partial charge < -0.3 is 9.97 Å². The van der Waals surface area contributed by atoms with Crippen LogP contribution in [0.5, 0.6) is 0 Å². The van der Waals surface area contributed by atoms with Crippen molar-refractivity contribution in [1.29, 1.82) is 0 Å². The highest BCUT2D eigenvalue weighted by molar-refractivity contribution is 6.28. The van der Waals surface area contributed by atoms with Crippen molar-refractivity contribution in [3.05, 3.63) is 299 Å². The van der Waals surface area contributed by atoms with Crippen molar-refractivity contribution in [2.24, 2.45) is 69.9 Å². The molecular weight excluding hydrogens is 1180 g/mol. The molecule has 16 bridgehead atoms. The maximum Gasteiger partial charge on any atom is 0.270 e. The van der Waals surface area contributed by atoms with E-state index in [9.17, 15) is 40.5 Å². The molecular formula is C64H32N20O8. The van der Waals surface area contributed by atoms with E-state index >= 15 is 0 Å². The Morgan fingerprint density at radius 2 is 0.500 bits per heavy atom. The minimum Gasteiger partial charge on any atom is -0.324 e. The normalized spacial score (nSPS) is 17.0. The van der Waals surface area contributed by atoms with E-state index in [1.54, 1.807) is 24.3 Å². The van der Waals surface area contributed by atoms with Gasteiger partial charge in [-0.25, -0.2) is 69.9 Å². The van der Waals surface area contributed by atoms with Crippen LogP contribution in [0.2, 0.25) is 0 Å². The van der Waals surface area contributed by atoms with Gasteiger partial charge in [-0.3, -0.25) is 40.5 Å². The van der Waals surface area contributed by atoms with Crippen LogP contribution in [-0.4, -0.2) is 88.0 Å². The number of hydrogen-bond donors (Lipinski definition) is 2. The molecule has 2 N–H and O–H groups in total. The van der Waals surface area contributed by atoms with Crippen molar-refractivity contribution in [2.45, 2.75) is 12.3 Å². The van der Waals surface area contributed by atoms with Gasteiger partial charge in [-0.2, -0.15) is 0 Å². The van der Waals surface area contributed by atoms with Crippen molar-refractivity contribution < 1.29 is 19.7 Å². The Hall–Kier alpha value is -13.7. The molecule has 0 amide bonds. The summed E-state index contributed by atoms with van der Waals surface area (Å²) in [6.07, 6.45) is -1.51. The Balaban J connectivity index is 0.000000141. The van der Waals surface area contributed by atoms with E-state index in [1.807, 2.05) is 97.1 Å². The van der Waals surface area contributed by atoms with Crippen LogP contribution in [0.3, 0.4) is 0 Å². The van der Waals surface area contributed by atoms with Gasteiger partial charge in [0, 0.05) is 137 Å². The van der Waals surface area contributed by atoms with Gasteiger partial charge in [-0.05, 0) is 24.3 Å². The first kappa shape index (κ1) is 52.7. The number of nitrogens with zero attached hydrogens (tertiary/aromatic N) is 18. The number of hydrogen-bond acceptors (Lipinski definition) is 22. The Morgan fingerprint density at radius 1 is 0.261 bits per heavy atom. The summed E-state index contributed by atoms with van der Waals surface area (Å²) >= 11 is 0. The number of rotatable bonds is 4. The number of nitro benzene ring substituents is 4. The van der Waals surface area contributed by atoms with Gasteiger partial charge in [0.05, 0.1) is 19.7 Å². The highest BCUT2D eigenvalue weighted by Gasteiger charge is 2.35. The van der Waals surface area contributed by atoms with Crippen LogP contribution >= 0.6 is 0 Å². The summed E-state index contributed by atoms with van der Waals surface area (Å²) < 4.78 is 0. The van der Waals surface area contributed by atoms with E-state index in [0.717, 1.165) is 38.2 Å². The fraction of sp³-hybridized carbons (Fsp3) is 0.0312. The van der Waals surface area contributed by atoms with Crippen LogP contribution in [0.25, 0.3) is 21.5 Å². The molecule has 0 fully saturated rings. The smallest absolute Gasteiger partial charge is 0.270 e. The van der Waals surface area contributed by atoms with Crippen molar-refractivity contribution in [1.82, 2.24) is 9.97 Å². The van der Waals surface area contributed by atoms with E-state index in [1.165, 1.54) is 48.5 Å². The number of non-ortho nitro benzene ring substituents is 4. The number of amidine groups is 10. The van der Waals surface area contributed by atoms with E-state index in [-0.39, 0.29) is 46.1 Å².